The van der Waals surface area contributed by atoms with Crippen LogP contribution in [0.4, 0.5) is 5.69 Å². The van der Waals surface area contributed by atoms with Crippen LogP contribution in [0.1, 0.15) is 12.2 Å². The maximum atomic E-state index is 12.1. The van der Waals surface area contributed by atoms with Gasteiger partial charge in [0.15, 0.2) is 0 Å². The molecule has 0 amide bonds. The van der Waals surface area contributed by atoms with Crippen molar-refractivity contribution in [1.29, 1.82) is 0 Å². The minimum Gasteiger partial charge on any atom is -0.398 e. The molecule has 0 atom stereocenters. The monoisotopic (exact) mass is 358 g/mol. The highest BCUT2D eigenvalue weighted by atomic mass is 79.9. The normalized spacial score (nSPS) is 11.7. The van der Waals surface area contributed by atoms with Gasteiger partial charge in [0.25, 0.3) is 0 Å². The predicted octanol–water partition coefficient (Wildman–Crippen LogP) is 1.67. The summed E-state index contributed by atoms with van der Waals surface area (Å²) in [5.41, 5.74) is 5.93. The molecule has 0 saturated heterocycles. The van der Waals surface area contributed by atoms with E-state index in [1.807, 2.05) is 0 Å². The van der Waals surface area contributed by atoms with E-state index in [1.54, 1.807) is 24.5 Å². The van der Waals surface area contributed by atoms with Gasteiger partial charge in [0.1, 0.15) is 10.7 Å². The van der Waals surface area contributed by atoms with Crippen LogP contribution in [0.2, 0.25) is 0 Å². The molecule has 1 aromatic heterocycles. The van der Waals surface area contributed by atoms with Gasteiger partial charge in [-0.05, 0) is 24.6 Å². The number of aryl methyl sites for hydroxylation is 1. The lowest BCUT2D eigenvalue weighted by atomic mass is 10.3. The van der Waals surface area contributed by atoms with E-state index in [2.05, 4.69) is 30.6 Å². The first-order valence-electron chi connectivity index (χ1n) is 6.02. The number of aromatic amines is 1. The lowest BCUT2D eigenvalue weighted by Gasteiger charge is -2.09. The van der Waals surface area contributed by atoms with Gasteiger partial charge in [-0.25, -0.2) is 18.1 Å². The zero-order valence-corrected chi connectivity index (χ0v) is 13.0. The Morgan fingerprint density at radius 1 is 1.40 bits per heavy atom. The van der Waals surface area contributed by atoms with Crippen LogP contribution < -0.4 is 10.5 Å². The van der Waals surface area contributed by atoms with Crippen molar-refractivity contribution < 1.29 is 8.42 Å². The molecule has 0 aliphatic carbocycles. The van der Waals surface area contributed by atoms with Crippen LogP contribution in [0.5, 0.6) is 0 Å². The second-order valence-corrected chi connectivity index (χ2v) is 6.87. The van der Waals surface area contributed by atoms with Crippen molar-refractivity contribution in [2.45, 2.75) is 17.7 Å². The molecule has 4 N–H and O–H groups in total. The van der Waals surface area contributed by atoms with E-state index in [1.165, 1.54) is 6.07 Å². The second-order valence-electron chi connectivity index (χ2n) is 4.22. The number of H-pyrrole nitrogens is 1. The zero-order chi connectivity index (χ0) is 14.6. The van der Waals surface area contributed by atoms with Crippen molar-refractivity contribution in [3.63, 3.8) is 0 Å². The molecule has 0 bridgehead atoms. The SMILES string of the molecule is Nc1ccc(Br)cc1S(=O)(=O)NCCCc1ncc[nH]1. The molecule has 2 aromatic rings. The average Bonchev–Trinajstić information content (AvgIpc) is 2.90. The predicted molar refractivity (Wildman–Crippen MR) is 80.7 cm³/mol. The maximum absolute atomic E-state index is 12.1. The molecule has 1 heterocycles. The Morgan fingerprint density at radius 2 is 2.20 bits per heavy atom. The first-order chi connectivity index (χ1) is 9.49. The number of nitrogens with zero attached hydrogens (tertiary/aromatic N) is 1. The summed E-state index contributed by atoms with van der Waals surface area (Å²) in [6, 6.07) is 4.75. The molecule has 8 heteroatoms. The number of imidazole rings is 1. The summed E-state index contributed by atoms with van der Waals surface area (Å²) >= 11 is 3.24. The maximum Gasteiger partial charge on any atom is 0.242 e. The Balaban J connectivity index is 1.95. The average molecular weight is 359 g/mol. The molecule has 0 fully saturated rings. The Bertz CT molecular complexity index is 671. The Labute approximate surface area is 126 Å². The number of halogens is 1. The molecule has 0 spiro atoms. The van der Waals surface area contributed by atoms with Gasteiger partial charge in [0.05, 0.1) is 5.69 Å². The summed E-state index contributed by atoms with van der Waals surface area (Å²) in [6.45, 7) is 0.328. The summed E-state index contributed by atoms with van der Waals surface area (Å²) < 4.78 is 27.5. The lowest BCUT2D eigenvalue weighted by Crippen LogP contribution is -2.26. The molecule has 0 aliphatic rings. The molecular weight excluding hydrogens is 344 g/mol. The molecule has 6 nitrogen and oxygen atoms in total. The summed E-state index contributed by atoms with van der Waals surface area (Å²) in [7, 11) is -3.59. The number of aromatic nitrogens is 2. The number of nitrogen functional groups attached to an aromatic ring is 1. The van der Waals surface area contributed by atoms with E-state index in [0.29, 0.717) is 23.9 Å². The van der Waals surface area contributed by atoms with Crippen molar-refractivity contribution in [3.05, 3.63) is 40.9 Å². The molecule has 108 valence electrons. The molecular formula is C12H15BrN4O2S. The summed E-state index contributed by atoms with van der Waals surface area (Å²) in [4.78, 5) is 7.13. The van der Waals surface area contributed by atoms with Crippen LogP contribution in [0, 0.1) is 0 Å². The van der Waals surface area contributed by atoms with Gasteiger partial charge >= 0.3 is 0 Å². The highest BCUT2D eigenvalue weighted by Crippen LogP contribution is 2.22. The van der Waals surface area contributed by atoms with E-state index >= 15 is 0 Å². The van der Waals surface area contributed by atoms with Gasteiger partial charge in [0, 0.05) is 29.8 Å². The number of rotatable bonds is 6. The topological polar surface area (TPSA) is 101 Å². The summed E-state index contributed by atoms with van der Waals surface area (Å²) in [5.74, 6) is 0.839. The highest BCUT2D eigenvalue weighted by Gasteiger charge is 2.17. The third kappa shape index (κ3) is 3.81. The number of anilines is 1. The molecule has 2 rings (SSSR count). The fourth-order valence-corrected chi connectivity index (χ4v) is 3.46. The zero-order valence-electron chi connectivity index (χ0n) is 10.6. The van der Waals surface area contributed by atoms with Gasteiger partial charge in [-0.15, -0.1) is 0 Å². The van der Waals surface area contributed by atoms with E-state index in [-0.39, 0.29) is 10.6 Å². The number of nitrogens with two attached hydrogens (primary N) is 1. The third-order valence-corrected chi connectivity index (χ3v) is 4.71. The number of nitrogens with one attached hydrogen (secondary N) is 2. The quantitative estimate of drug-likeness (QED) is 0.539. The number of hydrogen-bond donors (Lipinski definition) is 3. The number of sulfonamides is 1. The largest absolute Gasteiger partial charge is 0.398 e. The Kier molecular flexibility index (Phi) is 4.79. The van der Waals surface area contributed by atoms with Crippen LogP contribution in [-0.2, 0) is 16.4 Å². The fourth-order valence-electron chi connectivity index (χ4n) is 1.72. The van der Waals surface area contributed by atoms with Gasteiger partial charge in [-0.1, -0.05) is 15.9 Å². The van der Waals surface area contributed by atoms with Crippen molar-refractivity contribution in [1.82, 2.24) is 14.7 Å². The first kappa shape index (κ1) is 15.0. The van der Waals surface area contributed by atoms with Crippen molar-refractivity contribution in [2.75, 3.05) is 12.3 Å². The third-order valence-electron chi connectivity index (χ3n) is 2.70. The van der Waals surface area contributed by atoms with Crippen LogP contribution in [0.3, 0.4) is 0 Å². The van der Waals surface area contributed by atoms with E-state index in [9.17, 15) is 8.42 Å². The number of hydrogen-bond acceptors (Lipinski definition) is 4. The highest BCUT2D eigenvalue weighted by molar-refractivity contribution is 9.10. The molecule has 0 saturated carbocycles. The minimum absolute atomic E-state index is 0.0878. The van der Waals surface area contributed by atoms with Crippen LogP contribution in [-0.4, -0.2) is 24.9 Å². The minimum atomic E-state index is -3.59. The van der Waals surface area contributed by atoms with Gasteiger partial charge in [-0.3, -0.25) is 0 Å². The number of benzene rings is 1. The smallest absolute Gasteiger partial charge is 0.242 e. The van der Waals surface area contributed by atoms with E-state index in [0.717, 1.165) is 5.82 Å². The fraction of sp³-hybridized carbons (Fsp3) is 0.250. The summed E-state index contributed by atoms with van der Waals surface area (Å²) in [5, 5.41) is 0. The van der Waals surface area contributed by atoms with Gasteiger partial charge in [0.2, 0.25) is 10.0 Å². The van der Waals surface area contributed by atoms with Crippen LogP contribution in [0.25, 0.3) is 0 Å². The molecule has 0 unspecified atom stereocenters. The Hall–Kier alpha value is -1.38. The molecule has 0 radical (unpaired) electrons. The van der Waals surface area contributed by atoms with Gasteiger partial charge in [-0.2, -0.15) is 0 Å². The van der Waals surface area contributed by atoms with Crippen LogP contribution in [0.15, 0.2) is 40.0 Å². The molecule has 20 heavy (non-hydrogen) atoms. The summed E-state index contributed by atoms with van der Waals surface area (Å²) in [6.07, 6.45) is 4.74. The van der Waals surface area contributed by atoms with Crippen molar-refractivity contribution >= 4 is 31.6 Å². The molecule has 1 aromatic carbocycles. The second kappa shape index (κ2) is 6.38. The molecule has 0 aliphatic heterocycles. The van der Waals surface area contributed by atoms with E-state index in [4.69, 9.17) is 5.73 Å². The Morgan fingerprint density at radius 3 is 2.90 bits per heavy atom. The van der Waals surface area contributed by atoms with Crippen molar-refractivity contribution in [3.8, 4) is 0 Å². The lowest BCUT2D eigenvalue weighted by molar-refractivity contribution is 0.578. The van der Waals surface area contributed by atoms with Gasteiger partial charge < -0.3 is 10.7 Å². The van der Waals surface area contributed by atoms with E-state index < -0.39 is 10.0 Å². The van der Waals surface area contributed by atoms with Crippen LogP contribution >= 0.6 is 15.9 Å². The standard InChI is InChI=1S/C12H15BrN4O2S/c13-9-3-4-10(14)11(8-9)20(18,19)17-5-1-2-12-15-6-7-16-12/h3-4,6-8,17H,1-2,5,14H2,(H,15,16). The van der Waals surface area contributed by atoms with Crippen molar-refractivity contribution in [2.24, 2.45) is 0 Å². The first-order valence-corrected chi connectivity index (χ1v) is 8.29.